The minimum absolute atomic E-state index is 0.0736. The molecule has 0 aliphatic carbocycles. The first kappa shape index (κ1) is 11.8. The number of carboxylic acid groups (broad SMARTS) is 1. The van der Waals surface area contributed by atoms with E-state index < -0.39 is 15.8 Å². The molecule has 0 saturated heterocycles. The van der Waals surface area contributed by atoms with Gasteiger partial charge in [-0.1, -0.05) is 0 Å². The summed E-state index contributed by atoms with van der Waals surface area (Å²) in [5, 5.41) is 8.77. The number of aromatic nitrogens is 1. The van der Waals surface area contributed by atoms with E-state index in [2.05, 4.69) is 0 Å². The molecule has 5 nitrogen and oxygen atoms in total. The van der Waals surface area contributed by atoms with Gasteiger partial charge in [0.05, 0.1) is 5.75 Å². The molecule has 84 valence electrons. The van der Waals surface area contributed by atoms with Crippen molar-refractivity contribution in [2.75, 3.05) is 12.0 Å². The van der Waals surface area contributed by atoms with Crippen molar-refractivity contribution in [1.82, 2.24) is 4.57 Å². The van der Waals surface area contributed by atoms with Crippen LogP contribution in [0.2, 0.25) is 0 Å². The molecule has 0 bridgehead atoms. The molecule has 0 aromatic carbocycles. The van der Waals surface area contributed by atoms with E-state index >= 15 is 0 Å². The average molecular weight is 231 g/mol. The summed E-state index contributed by atoms with van der Waals surface area (Å²) in [5.41, 5.74) is 0.184. The maximum Gasteiger partial charge on any atom is 0.352 e. The van der Waals surface area contributed by atoms with Crippen LogP contribution in [0.3, 0.4) is 0 Å². The number of hydrogen-bond acceptors (Lipinski definition) is 3. The second kappa shape index (κ2) is 4.48. The Morgan fingerprint density at radius 1 is 1.53 bits per heavy atom. The second-order valence-electron chi connectivity index (χ2n) is 3.38. The van der Waals surface area contributed by atoms with Crippen molar-refractivity contribution in [3.63, 3.8) is 0 Å². The van der Waals surface area contributed by atoms with Crippen molar-refractivity contribution in [2.45, 2.75) is 13.0 Å². The van der Waals surface area contributed by atoms with Crippen molar-refractivity contribution in [2.24, 2.45) is 0 Å². The molecule has 0 aliphatic heterocycles. The third-order valence-corrected chi connectivity index (χ3v) is 2.99. The van der Waals surface area contributed by atoms with Gasteiger partial charge in [-0.05, 0) is 18.6 Å². The first-order chi connectivity index (χ1) is 6.90. The van der Waals surface area contributed by atoms with Crippen molar-refractivity contribution in [1.29, 1.82) is 0 Å². The fraction of sp³-hybridized carbons (Fsp3) is 0.444. The number of rotatable bonds is 5. The molecule has 0 saturated carbocycles. The third kappa shape index (κ3) is 3.75. The summed E-state index contributed by atoms with van der Waals surface area (Å²) in [6.07, 6.45) is 3.22. The Hall–Kier alpha value is -1.30. The van der Waals surface area contributed by atoms with Crippen LogP contribution in [0, 0.1) is 0 Å². The molecule has 1 heterocycles. The van der Waals surface area contributed by atoms with Crippen LogP contribution >= 0.6 is 0 Å². The van der Waals surface area contributed by atoms with Gasteiger partial charge in [0, 0.05) is 19.0 Å². The zero-order valence-electron chi connectivity index (χ0n) is 8.38. The van der Waals surface area contributed by atoms with E-state index in [-0.39, 0.29) is 11.4 Å². The lowest BCUT2D eigenvalue weighted by molar-refractivity contribution is 0.0685. The van der Waals surface area contributed by atoms with Gasteiger partial charge in [0.1, 0.15) is 15.5 Å². The van der Waals surface area contributed by atoms with Gasteiger partial charge in [0.15, 0.2) is 0 Å². The van der Waals surface area contributed by atoms with Gasteiger partial charge < -0.3 is 9.67 Å². The van der Waals surface area contributed by atoms with E-state index in [1.54, 1.807) is 12.3 Å². The van der Waals surface area contributed by atoms with E-state index in [1.165, 1.54) is 16.9 Å². The van der Waals surface area contributed by atoms with E-state index in [1.807, 2.05) is 0 Å². The Balaban J connectivity index is 2.58. The SMILES string of the molecule is CS(=O)(=O)CCCn1cccc1C(=O)O. The Bertz CT molecular complexity index is 446. The number of hydrogen-bond donors (Lipinski definition) is 1. The summed E-state index contributed by atoms with van der Waals surface area (Å²) >= 11 is 0. The maximum absolute atomic E-state index is 10.9. The van der Waals surface area contributed by atoms with Gasteiger partial charge >= 0.3 is 5.97 Å². The molecule has 0 fully saturated rings. The van der Waals surface area contributed by atoms with Crippen LogP contribution in [0.15, 0.2) is 18.3 Å². The topological polar surface area (TPSA) is 76.4 Å². The highest BCUT2D eigenvalue weighted by atomic mass is 32.2. The smallest absolute Gasteiger partial charge is 0.352 e. The van der Waals surface area contributed by atoms with Crippen LogP contribution < -0.4 is 0 Å². The molecule has 0 unspecified atom stereocenters. The molecule has 1 aromatic heterocycles. The Kier molecular flexibility index (Phi) is 3.52. The Morgan fingerprint density at radius 3 is 2.73 bits per heavy atom. The van der Waals surface area contributed by atoms with Gasteiger partial charge in [0.2, 0.25) is 0 Å². The molecular weight excluding hydrogens is 218 g/mol. The summed E-state index contributed by atoms with van der Waals surface area (Å²) in [5.74, 6) is -0.927. The van der Waals surface area contributed by atoms with Crippen LogP contribution in [0.4, 0.5) is 0 Å². The highest BCUT2D eigenvalue weighted by Crippen LogP contribution is 2.04. The number of carboxylic acids is 1. The number of nitrogens with zero attached hydrogens (tertiary/aromatic N) is 1. The lowest BCUT2D eigenvalue weighted by atomic mass is 10.4. The van der Waals surface area contributed by atoms with Crippen LogP contribution in [0.1, 0.15) is 16.9 Å². The normalized spacial score (nSPS) is 11.5. The van der Waals surface area contributed by atoms with Crippen LogP contribution in [-0.4, -0.2) is 36.1 Å². The van der Waals surface area contributed by atoms with Crippen LogP contribution in [0.25, 0.3) is 0 Å². The fourth-order valence-corrected chi connectivity index (χ4v) is 1.95. The predicted molar refractivity (Wildman–Crippen MR) is 55.7 cm³/mol. The summed E-state index contributed by atoms with van der Waals surface area (Å²) in [7, 11) is -2.97. The quantitative estimate of drug-likeness (QED) is 0.806. The fourth-order valence-electron chi connectivity index (χ4n) is 1.30. The number of sulfone groups is 1. The van der Waals surface area contributed by atoms with E-state index in [4.69, 9.17) is 5.11 Å². The molecule has 0 amide bonds. The molecule has 1 N–H and O–H groups in total. The first-order valence-electron chi connectivity index (χ1n) is 4.46. The molecule has 1 aromatic rings. The van der Waals surface area contributed by atoms with E-state index in [0.29, 0.717) is 13.0 Å². The number of carbonyl (C=O) groups is 1. The summed E-state index contributed by atoms with van der Waals surface area (Å²) in [6.45, 7) is 0.404. The first-order valence-corrected chi connectivity index (χ1v) is 6.52. The van der Waals surface area contributed by atoms with E-state index in [9.17, 15) is 13.2 Å². The average Bonchev–Trinajstić information content (AvgIpc) is 2.49. The van der Waals surface area contributed by atoms with Gasteiger partial charge in [-0.2, -0.15) is 0 Å². The van der Waals surface area contributed by atoms with E-state index in [0.717, 1.165) is 0 Å². The van der Waals surface area contributed by atoms with Crippen molar-refractivity contribution < 1.29 is 18.3 Å². The number of aromatic carboxylic acids is 1. The van der Waals surface area contributed by atoms with Crippen molar-refractivity contribution in [3.8, 4) is 0 Å². The largest absolute Gasteiger partial charge is 0.477 e. The second-order valence-corrected chi connectivity index (χ2v) is 5.64. The molecule has 0 radical (unpaired) electrons. The third-order valence-electron chi connectivity index (χ3n) is 1.96. The monoisotopic (exact) mass is 231 g/mol. The van der Waals surface area contributed by atoms with Gasteiger partial charge in [0.25, 0.3) is 0 Å². The predicted octanol–water partition coefficient (Wildman–Crippen LogP) is 0.621. The van der Waals surface area contributed by atoms with Crippen LogP contribution in [0.5, 0.6) is 0 Å². The minimum atomic E-state index is -2.97. The summed E-state index contributed by atoms with van der Waals surface area (Å²) in [4.78, 5) is 10.7. The van der Waals surface area contributed by atoms with Gasteiger partial charge in [-0.3, -0.25) is 0 Å². The maximum atomic E-state index is 10.9. The Labute approximate surface area is 88.3 Å². The molecular formula is C9H13NO4S. The summed E-state index contributed by atoms with van der Waals surface area (Å²) in [6, 6.07) is 3.12. The number of aryl methyl sites for hydroxylation is 1. The van der Waals surface area contributed by atoms with Crippen molar-refractivity contribution >= 4 is 15.8 Å². The zero-order chi connectivity index (χ0) is 11.5. The zero-order valence-corrected chi connectivity index (χ0v) is 9.20. The molecule has 0 aliphatic rings. The molecule has 15 heavy (non-hydrogen) atoms. The lowest BCUT2D eigenvalue weighted by Crippen LogP contribution is -2.11. The highest BCUT2D eigenvalue weighted by molar-refractivity contribution is 7.90. The highest BCUT2D eigenvalue weighted by Gasteiger charge is 2.09. The van der Waals surface area contributed by atoms with Crippen molar-refractivity contribution in [3.05, 3.63) is 24.0 Å². The molecule has 0 spiro atoms. The standard InChI is InChI=1S/C9H13NO4S/c1-15(13,14)7-3-6-10-5-2-4-8(10)9(11)12/h2,4-5H,3,6-7H2,1H3,(H,11,12). The van der Waals surface area contributed by atoms with Gasteiger partial charge in [-0.25, -0.2) is 13.2 Å². The van der Waals surface area contributed by atoms with Crippen LogP contribution in [-0.2, 0) is 16.4 Å². The molecule has 0 atom stereocenters. The molecule has 1 rings (SSSR count). The van der Waals surface area contributed by atoms with Gasteiger partial charge in [-0.15, -0.1) is 0 Å². The summed E-state index contributed by atoms with van der Waals surface area (Å²) < 4.78 is 23.2. The Morgan fingerprint density at radius 2 is 2.20 bits per heavy atom. The minimum Gasteiger partial charge on any atom is -0.477 e. The molecule has 6 heteroatoms. The lowest BCUT2D eigenvalue weighted by Gasteiger charge is -2.04.